The standard InChI is InChI=1S/C18H16F2N2O2/c1-11(24)16-17(14-9-13(19)7-8-15(14)20)21-22-18(16,10-23)12-5-3-2-4-6-12/h2-9,16-17,23H,10H2,1H3/t16?,17?,18-/m1/s1. The van der Waals surface area contributed by atoms with Gasteiger partial charge in [0.1, 0.15) is 29.0 Å². The third-order valence-electron chi connectivity index (χ3n) is 4.42. The number of azo groups is 1. The third-order valence-corrected chi connectivity index (χ3v) is 4.42. The Bertz CT molecular complexity index is 795. The van der Waals surface area contributed by atoms with Gasteiger partial charge in [-0.3, -0.25) is 4.79 Å². The Morgan fingerprint density at radius 2 is 1.92 bits per heavy atom. The quantitative estimate of drug-likeness (QED) is 0.931. The van der Waals surface area contributed by atoms with Gasteiger partial charge in [-0.15, -0.1) is 0 Å². The maximum atomic E-state index is 14.2. The number of hydrogen-bond donors (Lipinski definition) is 1. The van der Waals surface area contributed by atoms with Crippen LogP contribution < -0.4 is 0 Å². The van der Waals surface area contributed by atoms with Crippen molar-refractivity contribution in [3.05, 3.63) is 71.3 Å². The average Bonchev–Trinajstić information content (AvgIpc) is 2.98. The molecule has 4 nitrogen and oxygen atoms in total. The van der Waals surface area contributed by atoms with Crippen LogP contribution in [0.25, 0.3) is 0 Å². The van der Waals surface area contributed by atoms with Gasteiger partial charge in [0.2, 0.25) is 0 Å². The molecule has 2 unspecified atom stereocenters. The van der Waals surface area contributed by atoms with E-state index in [1.807, 2.05) is 0 Å². The van der Waals surface area contributed by atoms with E-state index in [1.54, 1.807) is 30.3 Å². The zero-order valence-electron chi connectivity index (χ0n) is 13.0. The van der Waals surface area contributed by atoms with Crippen LogP contribution in [0.3, 0.4) is 0 Å². The number of aliphatic hydroxyl groups excluding tert-OH is 1. The normalized spacial score (nSPS) is 25.8. The summed E-state index contributed by atoms with van der Waals surface area (Å²) in [5.41, 5.74) is -0.725. The minimum atomic E-state index is -1.30. The second-order valence-corrected chi connectivity index (χ2v) is 5.86. The number of carbonyl (C=O) groups excluding carboxylic acids is 1. The van der Waals surface area contributed by atoms with E-state index >= 15 is 0 Å². The summed E-state index contributed by atoms with van der Waals surface area (Å²) in [5.74, 6) is -2.49. The number of aliphatic hydroxyl groups is 1. The monoisotopic (exact) mass is 330 g/mol. The van der Waals surface area contributed by atoms with Crippen LogP contribution >= 0.6 is 0 Å². The molecule has 0 saturated carbocycles. The molecule has 2 aromatic rings. The first-order chi connectivity index (χ1) is 11.5. The second kappa shape index (κ2) is 6.20. The highest BCUT2D eigenvalue weighted by atomic mass is 19.1. The van der Waals surface area contributed by atoms with Crippen molar-refractivity contribution in [1.29, 1.82) is 0 Å². The summed E-state index contributed by atoms with van der Waals surface area (Å²) in [4.78, 5) is 12.3. The molecular formula is C18H16F2N2O2. The molecule has 6 heteroatoms. The van der Waals surface area contributed by atoms with Crippen molar-refractivity contribution in [3.8, 4) is 0 Å². The molecule has 124 valence electrons. The number of ketones is 1. The first kappa shape index (κ1) is 16.4. The lowest BCUT2D eigenvalue weighted by Crippen LogP contribution is -2.40. The van der Waals surface area contributed by atoms with Crippen LogP contribution in [0.1, 0.15) is 24.1 Å². The smallest absolute Gasteiger partial charge is 0.141 e. The zero-order valence-corrected chi connectivity index (χ0v) is 13.0. The van der Waals surface area contributed by atoms with Crippen LogP contribution in [0.5, 0.6) is 0 Å². The molecule has 1 aliphatic rings. The van der Waals surface area contributed by atoms with Gasteiger partial charge in [-0.05, 0) is 30.7 Å². The van der Waals surface area contributed by atoms with Crippen LogP contribution in [-0.2, 0) is 10.3 Å². The molecule has 3 rings (SSSR count). The molecule has 1 aliphatic heterocycles. The predicted molar refractivity (Wildman–Crippen MR) is 83.3 cm³/mol. The van der Waals surface area contributed by atoms with Crippen molar-refractivity contribution in [2.24, 2.45) is 16.1 Å². The SMILES string of the molecule is CC(=O)C1C(c2cc(F)ccc2F)N=N[C@]1(CO)c1ccccc1. The Labute approximate surface area is 137 Å². The van der Waals surface area contributed by atoms with Crippen molar-refractivity contribution in [2.75, 3.05) is 6.61 Å². The molecule has 0 bridgehead atoms. The summed E-state index contributed by atoms with van der Waals surface area (Å²) in [5, 5.41) is 18.2. The fourth-order valence-electron chi connectivity index (χ4n) is 3.28. The van der Waals surface area contributed by atoms with Gasteiger partial charge in [0.15, 0.2) is 0 Å². The van der Waals surface area contributed by atoms with Crippen LogP contribution in [0.4, 0.5) is 8.78 Å². The van der Waals surface area contributed by atoms with E-state index in [0.717, 1.165) is 18.2 Å². The Kier molecular flexibility index (Phi) is 4.24. The van der Waals surface area contributed by atoms with Crippen molar-refractivity contribution < 1.29 is 18.7 Å². The fraction of sp³-hybridized carbons (Fsp3) is 0.278. The Morgan fingerprint density at radius 1 is 1.21 bits per heavy atom. The van der Waals surface area contributed by atoms with E-state index < -0.39 is 35.7 Å². The first-order valence-corrected chi connectivity index (χ1v) is 7.53. The summed E-state index contributed by atoms with van der Waals surface area (Å²) < 4.78 is 27.7. The summed E-state index contributed by atoms with van der Waals surface area (Å²) in [6, 6.07) is 10.8. The maximum absolute atomic E-state index is 14.2. The van der Waals surface area contributed by atoms with E-state index in [9.17, 15) is 18.7 Å². The topological polar surface area (TPSA) is 62.0 Å². The number of nitrogens with zero attached hydrogens (tertiary/aromatic N) is 2. The van der Waals surface area contributed by atoms with Crippen LogP contribution in [-0.4, -0.2) is 17.5 Å². The molecule has 3 atom stereocenters. The average molecular weight is 330 g/mol. The molecule has 0 fully saturated rings. The van der Waals surface area contributed by atoms with Gasteiger partial charge in [-0.25, -0.2) is 8.78 Å². The molecular weight excluding hydrogens is 314 g/mol. The second-order valence-electron chi connectivity index (χ2n) is 5.86. The lowest BCUT2D eigenvalue weighted by Gasteiger charge is -2.31. The predicted octanol–water partition coefficient (Wildman–Crippen LogP) is 3.56. The van der Waals surface area contributed by atoms with Gasteiger partial charge in [0, 0.05) is 5.56 Å². The van der Waals surface area contributed by atoms with Crippen molar-refractivity contribution in [2.45, 2.75) is 18.5 Å². The molecule has 2 aromatic carbocycles. The Balaban J connectivity index is 2.14. The Hall–Kier alpha value is -2.47. The number of rotatable bonds is 4. The molecule has 0 aliphatic carbocycles. The zero-order chi connectivity index (χ0) is 17.3. The highest BCUT2D eigenvalue weighted by molar-refractivity contribution is 5.81. The lowest BCUT2D eigenvalue weighted by molar-refractivity contribution is -0.123. The molecule has 1 N–H and O–H groups in total. The van der Waals surface area contributed by atoms with E-state index in [4.69, 9.17) is 0 Å². The number of halogens is 2. The fourth-order valence-corrected chi connectivity index (χ4v) is 3.28. The molecule has 0 saturated heterocycles. The third kappa shape index (κ3) is 2.53. The lowest BCUT2D eigenvalue weighted by atomic mass is 9.73. The number of hydrogen-bond acceptors (Lipinski definition) is 4. The van der Waals surface area contributed by atoms with Gasteiger partial charge in [-0.2, -0.15) is 10.2 Å². The van der Waals surface area contributed by atoms with E-state index in [0.29, 0.717) is 5.56 Å². The van der Waals surface area contributed by atoms with Crippen molar-refractivity contribution in [1.82, 2.24) is 0 Å². The minimum Gasteiger partial charge on any atom is -0.393 e. The van der Waals surface area contributed by atoms with E-state index in [2.05, 4.69) is 10.2 Å². The van der Waals surface area contributed by atoms with Crippen LogP contribution in [0, 0.1) is 17.6 Å². The molecule has 1 heterocycles. The number of benzene rings is 2. The first-order valence-electron chi connectivity index (χ1n) is 7.53. The minimum absolute atomic E-state index is 0.0368. The largest absolute Gasteiger partial charge is 0.393 e. The van der Waals surface area contributed by atoms with Gasteiger partial charge >= 0.3 is 0 Å². The number of carbonyl (C=O) groups is 1. The van der Waals surface area contributed by atoms with Crippen LogP contribution in [0.15, 0.2) is 58.8 Å². The maximum Gasteiger partial charge on any atom is 0.141 e. The van der Waals surface area contributed by atoms with Gasteiger partial charge in [0.05, 0.1) is 12.5 Å². The van der Waals surface area contributed by atoms with E-state index in [1.165, 1.54) is 6.92 Å². The van der Waals surface area contributed by atoms with Gasteiger partial charge in [-0.1, -0.05) is 30.3 Å². The van der Waals surface area contributed by atoms with Gasteiger partial charge in [0.25, 0.3) is 0 Å². The van der Waals surface area contributed by atoms with Crippen LogP contribution in [0.2, 0.25) is 0 Å². The summed E-state index contributed by atoms with van der Waals surface area (Å²) >= 11 is 0. The van der Waals surface area contributed by atoms with Gasteiger partial charge < -0.3 is 5.11 Å². The highest BCUT2D eigenvalue weighted by Gasteiger charge is 2.52. The number of Topliss-reactive ketones (excluding diaryl/α,β-unsaturated/α-hetero) is 1. The van der Waals surface area contributed by atoms with Crippen molar-refractivity contribution in [3.63, 3.8) is 0 Å². The molecule has 0 radical (unpaired) electrons. The summed E-state index contributed by atoms with van der Waals surface area (Å²) in [7, 11) is 0. The molecule has 0 aromatic heterocycles. The van der Waals surface area contributed by atoms with Crippen molar-refractivity contribution >= 4 is 5.78 Å². The highest BCUT2D eigenvalue weighted by Crippen LogP contribution is 2.49. The molecule has 0 amide bonds. The molecule has 0 spiro atoms. The summed E-state index contributed by atoms with van der Waals surface area (Å²) in [6.07, 6.45) is 0. The summed E-state index contributed by atoms with van der Waals surface area (Å²) in [6.45, 7) is 0.886. The Morgan fingerprint density at radius 3 is 2.54 bits per heavy atom. The molecule has 24 heavy (non-hydrogen) atoms. The van der Waals surface area contributed by atoms with E-state index in [-0.39, 0.29) is 11.3 Å².